The van der Waals surface area contributed by atoms with Gasteiger partial charge in [0, 0.05) is 12.7 Å². The number of carbonyl (C=O) groups excluding carboxylic acids is 1. The third-order valence-electron chi connectivity index (χ3n) is 2.79. The van der Waals surface area contributed by atoms with Gasteiger partial charge in [0.2, 0.25) is 5.95 Å². The predicted octanol–water partition coefficient (Wildman–Crippen LogP) is 2.30. The molecule has 0 aliphatic heterocycles. The molecule has 7 heteroatoms. The fourth-order valence-electron chi connectivity index (χ4n) is 1.73. The van der Waals surface area contributed by atoms with Crippen LogP contribution in [0.1, 0.15) is 10.4 Å². The number of carbonyl (C=O) groups is 1. The summed E-state index contributed by atoms with van der Waals surface area (Å²) in [6.45, 7) is 0. The minimum atomic E-state index is 0.0101. The van der Waals surface area contributed by atoms with Crippen LogP contribution in [-0.4, -0.2) is 30.4 Å². The molecule has 0 fully saturated rings. The van der Waals surface area contributed by atoms with Gasteiger partial charge in [-0.25, -0.2) is 4.98 Å². The van der Waals surface area contributed by atoms with Crippen molar-refractivity contribution in [3.8, 4) is 5.75 Å². The smallest absolute Gasteiger partial charge is 0.223 e. The normalized spacial score (nSPS) is 10.2. The first kappa shape index (κ1) is 14.1. The molecule has 6 nitrogen and oxygen atoms in total. The third-order valence-corrected chi connectivity index (χ3v) is 3.08. The zero-order valence-corrected chi connectivity index (χ0v) is 11.8. The van der Waals surface area contributed by atoms with E-state index in [0.29, 0.717) is 12.1 Å². The number of halogens is 1. The summed E-state index contributed by atoms with van der Waals surface area (Å²) in [5, 5.41) is 0.0304. The number of aromatic nitrogens is 2. The van der Waals surface area contributed by atoms with Gasteiger partial charge in [0.05, 0.1) is 12.7 Å². The van der Waals surface area contributed by atoms with Crippen LogP contribution in [0.4, 0.5) is 17.5 Å². The molecule has 1 aromatic heterocycles. The number of hydrogen-bond donors (Lipinski definition) is 1. The van der Waals surface area contributed by atoms with Crippen LogP contribution in [0.3, 0.4) is 0 Å². The summed E-state index contributed by atoms with van der Waals surface area (Å²) in [6.07, 6.45) is 0.608. The van der Waals surface area contributed by atoms with Crippen molar-refractivity contribution in [3.63, 3.8) is 0 Å². The van der Waals surface area contributed by atoms with Gasteiger partial charge in [-0.2, -0.15) is 4.98 Å². The molecule has 1 heterocycles. The topological polar surface area (TPSA) is 81.3 Å². The van der Waals surface area contributed by atoms with Gasteiger partial charge in [0.1, 0.15) is 10.9 Å². The fraction of sp³-hybridized carbons (Fsp3) is 0.154. The lowest BCUT2D eigenvalue weighted by atomic mass is 10.2. The van der Waals surface area contributed by atoms with Crippen LogP contribution in [0.25, 0.3) is 0 Å². The Kier molecular flexibility index (Phi) is 4.05. The van der Waals surface area contributed by atoms with Gasteiger partial charge in [0.15, 0.2) is 12.1 Å². The summed E-state index contributed by atoms with van der Waals surface area (Å²) in [4.78, 5) is 20.7. The molecule has 0 atom stereocenters. The maximum absolute atomic E-state index is 11.1. The van der Waals surface area contributed by atoms with E-state index in [2.05, 4.69) is 9.97 Å². The minimum absolute atomic E-state index is 0.0101. The Morgan fingerprint density at radius 3 is 2.50 bits per heavy atom. The summed E-state index contributed by atoms with van der Waals surface area (Å²) in [5.74, 6) is 1.09. The Morgan fingerprint density at radius 2 is 1.95 bits per heavy atom. The van der Waals surface area contributed by atoms with Crippen molar-refractivity contribution >= 4 is 35.3 Å². The number of nitrogen functional groups attached to an aromatic ring is 1. The number of nitrogens with two attached hydrogens (primary N) is 1. The molecule has 0 aliphatic rings. The van der Waals surface area contributed by atoms with Gasteiger partial charge < -0.3 is 15.4 Å². The van der Waals surface area contributed by atoms with Gasteiger partial charge in [-0.15, -0.1) is 0 Å². The second-order valence-electron chi connectivity index (χ2n) is 3.98. The van der Waals surface area contributed by atoms with Gasteiger partial charge in [-0.1, -0.05) is 11.6 Å². The van der Waals surface area contributed by atoms with Gasteiger partial charge in [0.25, 0.3) is 0 Å². The molecule has 0 saturated heterocycles. The molecule has 0 amide bonds. The quantitative estimate of drug-likeness (QED) is 0.688. The minimum Gasteiger partial charge on any atom is -0.497 e. The van der Waals surface area contributed by atoms with Crippen LogP contribution in [0.5, 0.6) is 5.75 Å². The lowest BCUT2D eigenvalue weighted by molar-refractivity contribution is 0.112. The predicted molar refractivity (Wildman–Crippen MR) is 77.9 cm³/mol. The highest BCUT2D eigenvalue weighted by Gasteiger charge is 2.16. The van der Waals surface area contributed by atoms with E-state index in [-0.39, 0.29) is 16.7 Å². The number of hydrogen-bond acceptors (Lipinski definition) is 6. The molecule has 0 radical (unpaired) electrons. The van der Waals surface area contributed by atoms with Crippen molar-refractivity contribution in [3.05, 3.63) is 35.0 Å². The molecular weight excluding hydrogens is 280 g/mol. The maximum Gasteiger partial charge on any atom is 0.223 e. The van der Waals surface area contributed by atoms with Crippen molar-refractivity contribution in [2.24, 2.45) is 0 Å². The van der Waals surface area contributed by atoms with Gasteiger partial charge in [-0.05, 0) is 24.3 Å². The van der Waals surface area contributed by atoms with E-state index in [4.69, 9.17) is 22.1 Å². The molecule has 0 aliphatic carbocycles. The van der Waals surface area contributed by atoms with Crippen LogP contribution in [0.2, 0.25) is 5.15 Å². The highest BCUT2D eigenvalue weighted by atomic mass is 35.5. The fourth-order valence-corrected chi connectivity index (χ4v) is 1.95. The van der Waals surface area contributed by atoms with E-state index < -0.39 is 0 Å². The molecule has 20 heavy (non-hydrogen) atoms. The summed E-state index contributed by atoms with van der Waals surface area (Å²) in [5.41, 5.74) is 6.58. The Bertz CT molecular complexity index is 631. The first-order valence-electron chi connectivity index (χ1n) is 5.72. The van der Waals surface area contributed by atoms with Crippen LogP contribution in [0, 0.1) is 0 Å². The van der Waals surface area contributed by atoms with Crippen molar-refractivity contribution in [1.82, 2.24) is 9.97 Å². The zero-order chi connectivity index (χ0) is 14.7. The molecule has 2 aromatic rings. The number of ether oxygens (including phenoxy) is 1. The lowest BCUT2D eigenvalue weighted by Crippen LogP contribution is -2.15. The van der Waals surface area contributed by atoms with Gasteiger partial charge in [-0.3, -0.25) is 4.79 Å². The Hall–Kier alpha value is -2.34. The molecule has 104 valence electrons. The number of benzene rings is 1. The SMILES string of the molecule is COc1ccc(N(C)c2nc(N)nc(Cl)c2C=O)cc1. The van der Waals surface area contributed by atoms with E-state index in [9.17, 15) is 4.79 Å². The molecule has 1 aromatic carbocycles. The van der Waals surface area contributed by atoms with E-state index in [1.54, 1.807) is 31.2 Å². The number of anilines is 3. The summed E-state index contributed by atoms with van der Waals surface area (Å²) in [7, 11) is 3.35. The van der Waals surface area contributed by atoms with Crippen LogP contribution >= 0.6 is 11.6 Å². The monoisotopic (exact) mass is 292 g/mol. The van der Waals surface area contributed by atoms with Crippen LogP contribution in [0.15, 0.2) is 24.3 Å². The second kappa shape index (κ2) is 5.75. The molecular formula is C13H13ClN4O2. The van der Waals surface area contributed by atoms with Crippen LogP contribution < -0.4 is 15.4 Å². The molecule has 0 saturated carbocycles. The molecule has 0 bridgehead atoms. The standard InChI is InChI=1S/C13H13ClN4O2/c1-18(8-3-5-9(20-2)6-4-8)12-10(7-19)11(14)16-13(15)17-12/h3-7H,1-2H3,(H2,15,16,17). The highest BCUT2D eigenvalue weighted by molar-refractivity contribution is 6.32. The number of methoxy groups -OCH3 is 1. The van der Waals surface area contributed by atoms with Crippen molar-refractivity contribution < 1.29 is 9.53 Å². The molecule has 2 rings (SSSR count). The van der Waals surface area contributed by atoms with Crippen molar-refractivity contribution in [2.75, 3.05) is 24.8 Å². The summed E-state index contributed by atoms with van der Waals surface area (Å²) < 4.78 is 5.10. The van der Waals surface area contributed by atoms with Gasteiger partial charge >= 0.3 is 0 Å². The Morgan fingerprint density at radius 1 is 1.30 bits per heavy atom. The number of nitrogens with zero attached hydrogens (tertiary/aromatic N) is 3. The second-order valence-corrected chi connectivity index (χ2v) is 4.34. The highest BCUT2D eigenvalue weighted by Crippen LogP contribution is 2.29. The molecule has 2 N–H and O–H groups in total. The average Bonchev–Trinajstić information content (AvgIpc) is 2.46. The Balaban J connectivity index is 2.46. The van der Waals surface area contributed by atoms with E-state index in [1.165, 1.54) is 0 Å². The Labute approximate surface area is 121 Å². The zero-order valence-electron chi connectivity index (χ0n) is 11.0. The van der Waals surface area contributed by atoms with Crippen LogP contribution in [-0.2, 0) is 0 Å². The average molecular weight is 293 g/mol. The summed E-state index contributed by atoms with van der Waals surface area (Å²) >= 11 is 5.90. The lowest BCUT2D eigenvalue weighted by Gasteiger charge is -2.20. The van der Waals surface area contributed by atoms with Crippen molar-refractivity contribution in [1.29, 1.82) is 0 Å². The van der Waals surface area contributed by atoms with Crippen molar-refractivity contribution in [2.45, 2.75) is 0 Å². The maximum atomic E-state index is 11.1. The van der Waals surface area contributed by atoms with E-state index in [0.717, 1.165) is 11.4 Å². The largest absolute Gasteiger partial charge is 0.497 e. The molecule has 0 unspecified atom stereocenters. The van der Waals surface area contributed by atoms with E-state index >= 15 is 0 Å². The summed E-state index contributed by atoms with van der Waals surface area (Å²) in [6, 6.07) is 7.27. The number of aldehydes is 1. The molecule has 0 spiro atoms. The first-order valence-corrected chi connectivity index (χ1v) is 6.10. The first-order chi connectivity index (χ1) is 9.56. The number of rotatable bonds is 4. The third kappa shape index (κ3) is 2.65. The van der Waals surface area contributed by atoms with E-state index in [1.807, 2.05) is 12.1 Å².